The summed E-state index contributed by atoms with van der Waals surface area (Å²) in [4.78, 5) is 20.7. The highest BCUT2D eigenvalue weighted by Crippen LogP contribution is 2.15. The van der Waals surface area contributed by atoms with Crippen molar-refractivity contribution in [2.45, 2.75) is 0 Å². The summed E-state index contributed by atoms with van der Waals surface area (Å²) in [5.74, 6) is -0.522. The second-order valence-corrected chi connectivity index (χ2v) is 2.59. The lowest BCUT2D eigenvalue weighted by atomic mass is 10.1. The van der Waals surface area contributed by atoms with Crippen LogP contribution in [0.25, 0.3) is 6.08 Å². The number of carbonyl (C=O) groups excluding carboxylic acids is 2. The molecule has 72 valence electrons. The van der Waals surface area contributed by atoms with Gasteiger partial charge in [0, 0.05) is 11.8 Å². The van der Waals surface area contributed by atoms with Crippen molar-refractivity contribution >= 4 is 24.1 Å². The second kappa shape index (κ2) is 4.81. The van der Waals surface area contributed by atoms with Crippen LogP contribution in [0, 0.1) is 0 Å². The molecule has 0 aliphatic heterocycles. The minimum absolute atomic E-state index is 0.522. The molecule has 1 aromatic carbocycles. The fourth-order valence-electron chi connectivity index (χ4n) is 1.01. The maximum Gasteiger partial charge on any atom is 0.241 e. The van der Waals surface area contributed by atoms with Gasteiger partial charge in [0.2, 0.25) is 12.3 Å². The van der Waals surface area contributed by atoms with E-state index in [1.165, 1.54) is 6.08 Å². The number of hydrogen-bond donors (Lipinski definition) is 2. The predicted molar refractivity (Wildman–Crippen MR) is 54.4 cm³/mol. The molecule has 14 heavy (non-hydrogen) atoms. The molecule has 0 fully saturated rings. The van der Waals surface area contributed by atoms with E-state index in [1.54, 1.807) is 30.3 Å². The van der Waals surface area contributed by atoms with Crippen LogP contribution in [-0.4, -0.2) is 12.3 Å². The maximum atomic E-state index is 10.5. The summed E-state index contributed by atoms with van der Waals surface area (Å²) in [5.41, 5.74) is 6.32. The van der Waals surface area contributed by atoms with E-state index < -0.39 is 5.91 Å². The van der Waals surface area contributed by atoms with E-state index >= 15 is 0 Å². The molecule has 1 rings (SSSR count). The molecule has 1 aromatic rings. The molecule has 0 saturated carbocycles. The lowest BCUT2D eigenvalue weighted by Crippen LogP contribution is -2.05. The first-order valence-electron chi connectivity index (χ1n) is 4.01. The maximum absolute atomic E-state index is 10.5. The highest BCUT2D eigenvalue weighted by molar-refractivity contribution is 5.92. The van der Waals surface area contributed by atoms with E-state index in [2.05, 4.69) is 5.32 Å². The number of amides is 2. The Labute approximate surface area is 81.4 Å². The molecule has 0 bridgehead atoms. The SMILES string of the molecule is NC(=O)/C=C/c1ccccc1NC=O. The smallest absolute Gasteiger partial charge is 0.241 e. The molecule has 3 N–H and O–H groups in total. The van der Waals surface area contributed by atoms with Crippen molar-refractivity contribution in [2.75, 3.05) is 5.32 Å². The zero-order chi connectivity index (χ0) is 10.4. The molecule has 0 atom stereocenters. The third-order valence-electron chi connectivity index (χ3n) is 1.60. The Morgan fingerprint density at radius 3 is 2.71 bits per heavy atom. The minimum atomic E-state index is -0.522. The van der Waals surface area contributed by atoms with Gasteiger partial charge in [-0.15, -0.1) is 0 Å². The summed E-state index contributed by atoms with van der Waals surface area (Å²) in [6.07, 6.45) is 3.37. The summed E-state index contributed by atoms with van der Waals surface area (Å²) < 4.78 is 0. The van der Waals surface area contributed by atoms with Crippen LogP contribution in [0.5, 0.6) is 0 Å². The van der Waals surface area contributed by atoms with Gasteiger partial charge in [-0.1, -0.05) is 18.2 Å². The van der Waals surface area contributed by atoms with Gasteiger partial charge < -0.3 is 11.1 Å². The minimum Gasteiger partial charge on any atom is -0.366 e. The lowest BCUT2D eigenvalue weighted by molar-refractivity contribution is -0.113. The van der Waals surface area contributed by atoms with Crippen LogP contribution in [0.4, 0.5) is 5.69 Å². The van der Waals surface area contributed by atoms with E-state index in [1.807, 2.05) is 0 Å². The van der Waals surface area contributed by atoms with Crippen LogP contribution in [0.1, 0.15) is 5.56 Å². The van der Waals surface area contributed by atoms with E-state index in [0.717, 1.165) is 5.56 Å². The molecule has 2 amide bonds. The Kier molecular flexibility index (Phi) is 3.43. The van der Waals surface area contributed by atoms with Gasteiger partial charge in [0.05, 0.1) is 0 Å². The van der Waals surface area contributed by atoms with E-state index in [9.17, 15) is 9.59 Å². The zero-order valence-corrected chi connectivity index (χ0v) is 7.44. The molecule has 0 aromatic heterocycles. The number of benzene rings is 1. The van der Waals surface area contributed by atoms with Crippen molar-refractivity contribution in [2.24, 2.45) is 5.73 Å². The normalized spacial score (nSPS) is 10.0. The third-order valence-corrected chi connectivity index (χ3v) is 1.60. The predicted octanol–water partition coefficient (Wildman–Crippen LogP) is 0.753. The van der Waals surface area contributed by atoms with Crippen molar-refractivity contribution < 1.29 is 9.59 Å². The summed E-state index contributed by atoms with van der Waals surface area (Å²) in [6, 6.07) is 7.09. The van der Waals surface area contributed by atoms with Crippen molar-refractivity contribution in [1.82, 2.24) is 0 Å². The van der Waals surface area contributed by atoms with Crippen molar-refractivity contribution in [3.05, 3.63) is 35.9 Å². The van der Waals surface area contributed by atoms with Gasteiger partial charge in [0.15, 0.2) is 0 Å². The van der Waals surface area contributed by atoms with E-state index in [4.69, 9.17) is 5.73 Å². The first-order chi connectivity index (χ1) is 6.74. The Bertz CT molecular complexity index is 372. The highest BCUT2D eigenvalue weighted by Gasteiger charge is 1.96. The first-order valence-corrected chi connectivity index (χ1v) is 4.01. The average Bonchev–Trinajstić information content (AvgIpc) is 2.17. The number of rotatable bonds is 4. The van der Waals surface area contributed by atoms with Crippen LogP contribution in [0.2, 0.25) is 0 Å². The molecule has 4 heteroatoms. The van der Waals surface area contributed by atoms with E-state index in [-0.39, 0.29) is 0 Å². The molecule has 4 nitrogen and oxygen atoms in total. The number of anilines is 1. The van der Waals surface area contributed by atoms with Crippen LogP contribution < -0.4 is 11.1 Å². The molecule has 0 spiro atoms. The van der Waals surface area contributed by atoms with Gasteiger partial charge in [-0.3, -0.25) is 9.59 Å². The van der Waals surface area contributed by atoms with E-state index in [0.29, 0.717) is 12.1 Å². The second-order valence-electron chi connectivity index (χ2n) is 2.59. The summed E-state index contributed by atoms with van der Waals surface area (Å²) >= 11 is 0. The van der Waals surface area contributed by atoms with Gasteiger partial charge in [-0.2, -0.15) is 0 Å². The molecule has 0 unspecified atom stereocenters. The van der Waals surface area contributed by atoms with Crippen molar-refractivity contribution in [1.29, 1.82) is 0 Å². The molecule has 0 aliphatic rings. The molecule has 0 aliphatic carbocycles. The largest absolute Gasteiger partial charge is 0.366 e. The Morgan fingerprint density at radius 1 is 1.36 bits per heavy atom. The van der Waals surface area contributed by atoms with Gasteiger partial charge in [0.25, 0.3) is 0 Å². The number of para-hydroxylation sites is 1. The van der Waals surface area contributed by atoms with Crippen LogP contribution >= 0.6 is 0 Å². The van der Waals surface area contributed by atoms with Gasteiger partial charge >= 0.3 is 0 Å². The Morgan fingerprint density at radius 2 is 2.07 bits per heavy atom. The molecular weight excluding hydrogens is 180 g/mol. The van der Waals surface area contributed by atoms with Crippen LogP contribution in [0.15, 0.2) is 30.3 Å². The molecular formula is C10H10N2O2. The number of carbonyl (C=O) groups is 2. The van der Waals surface area contributed by atoms with Crippen LogP contribution in [0.3, 0.4) is 0 Å². The van der Waals surface area contributed by atoms with Gasteiger partial charge in [0.1, 0.15) is 0 Å². The zero-order valence-electron chi connectivity index (χ0n) is 7.44. The Hall–Kier alpha value is -2.10. The number of hydrogen-bond acceptors (Lipinski definition) is 2. The van der Waals surface area contributed by atoms with Gasteiger partial charge in [-0.25, -0.2) is 0 Å². The quantitative estimate of drug-likeness (QED) is 0.543. The summed E-state index contributed by atoms with van der Waals surface area (Å²) in [5, 5.41) is 2.52. The van der Waals surface area contributed by atoms with Crippen molar-refractivity contribution in [3.63, 3.8) is 0 Å². The third kappa shape index (κ3) is 2.75. The topological polar surface area (TPSA) is 72.2 Å². The number of primary amides is 1. The highest BCUT2D eigenvalue weighted by atomic mass is 16.1. The van der Waals surface area contributed by atoms with Crippen LogP contribution in [-0.2, 0) is 9.59 Å². The monoisotopic (exact) mass is 190 g/mol. The standard InChI is InChI=1S/C10H10N2O2/c11-10(14)6-5-8-3-1-2-4-9(8)12-7-13/h1-7H,(H2,11,14)(H,12,13)/b6-5+. The number of nitrogens with two attached hydrogens (primary N) is 1. The first kappa shape index (κ1) is 9.98. The molecule has 0 heterocycles. The fourth-order valence-corrected chi connectivity index (χ4v) is 1.01. The average molecular weight is 190 g/mol. The van der Waals surface area contributed by atoms with Gasteiger partial charge in [-0.05, 0) is 17.7 Å². The number of nitrogens with one attached hydrogen (secondary N) is 1. The molecule has 0 radical (unpaired) electrons. The summed E-state index contributed by atoms with van der Waals surface area (Å²) in [7, 11) is 0. The molecule has 0 saturated heterocycles. The van der Waals surface area contributed by atoms with Crippen molar-refractivity contribution in [3.8, 4) is 0 Å². The lowest BCUT2D eigenvalue weighted by Gasteiger charge is -2.02. The Balaban J connectivity index is 2.94. The summed E-state index contributed by atoms with van der Waals surface area (Å²) in [6.45, 7) is 0. The fraction of sp³-hybridized carbons (Fsp3) is 0.